The molecule has 0 bridgehead atoms. The maximum Gasteiger partial charge on any atom is 0.259 e. The standard InChI is InChI=1S/C21H20FN3O2/c1-14-5-4-12-25(13-14)21(26)18-7-3-2-6-17(18)20-23-19(24-27-20)15-8-10-16(22)11-9-15/h2-3,6-11,14H,4-5,12-13H2,1H3. The molecular weight excluding hydrogens is 345 g/mol. The van der Waals surface area contributed by atoms with Crippen molar-refractivity contribution < 1.29 is 13.7 Å². The van der Waals surface area contributed by atoms with Crippen LogP contribution in [0.2, 0.25) is 0 Å². The van der Waals surface area contributed by atoms with Gasteiger partial charge in [-0.2, -0.15) is 4.98 Å². The Hall–Kier alpha value is -3.02. The van der Waals surface area contributed by atoms with Crippen molar-refractivity contribution in [1.29, 1.82) is 0 Å². The number of carbonyl (C=O) groups excluding carboxylic acids is 1. The molecule has 27 heavy (non-hydrogen) atoms. The molecule has 1 aliphatic rings. The zero-order chi connectivity index (χ0) is 18.8. The van der Waals surface area contributed by atoms with Crippen LogP contribution in [-0.4, -0.2) is 34.0 Å². The highest BCUT2D eigenvalue weighted by Crippen LogP contribution is 2.27. The number of amides is 1. The predicted molar refractivity (Wildman–Crippen MR) is 99.4 cm³/mol. The molecule has 1 unspecified atom stereocenters. The van der Waals surface area contributed by atoms with Gasteiger partial charge in [0, 0.05) is 18.7 Å². The van der Waals surface area contributed by atoms with Gasteiger partial charge in [-0.1, -0.05) is 24.2 Å². The number of nitrogens with zero attached hydrogens (tertiary/aromatic N) is 3. The van der Waals surface area contributed by atoms with Gasteiger partial charge in [0.1, 0.15) is 5.82 Å². The topological polar surface area (TPSA) is 59.2 Å². The number of hydrogen-bond acceptors (Lipinski definition) is 4. The third-order valence-corrected chi connectivity index (χ3v) is 4.86. The summed E-state index contributed by atoms with van der Waals surface area (Å²) in [5, 5.41) is 3.98. The second kappa shape index (κ2) is 7.31. The Morgan fingerprint density at radius 3 is 2.74 bits per heavy atom. The number of benzene rings is 2. The molecule has 0 spiro atoms. The smallest absolute Gasteiger partial charge is 0.259 e. The SMILES string of the molecule is CC1CCCN(C(=O)c2ccccc2-c2nc(-c3ccc(F)cc3)no2)C1. The quantitative estimate of drug-likeness (QED) is 0.690. The van der Waals surface area contributed by atoms with Crippen LogP contribution in [0.15, 0.2) is 53.1 Å². The molecule has 2 heterocycles. The normalized spacial score (nSPS) is 17.1. The van der Waals surface area contributed by atoms with Crippen LogP contribution in [0.4, 0.5) is 4.39 Å². The molecule has 6 heteroatoms. The van der Waals surface area contributed by atoms with Gasteiger partial charge in [0.05, 0.1) is 11.1 Å². The first kappa shape index (κ1) is 17.4. The first-order chi connectivity index (χ1) is 13.1. The summed E-state index contributed by atoms with van der Waals surface area (Å²) >= 11 is 0. The van der Waals surface area contributed by atoms with Gasteiger partial charge in [0.15, 0.2) is 0 Å². The van der Waals surface area contributed by atoms with Crippen LogP contribution in [0.1, 0.15) is 30.1 Å². The minimum absolute atomic E-state index is 0.0151. The van der Waals surface area contributed by atoms with E-state index in [0.717, 1.165) is 25.9 Å². The number of aromatic nitrogens is 2. The third kappa shape index (κ3) is 3.60. The van der Waals surface area contributed by atoms with Gasteiger partial charge < -0.3 is 9.42 Å². The van der Waals surface area contributed by atoms with Crippen LogP contribution < -0.4 is 0 Å². The fourth-order valence-corrected chi connectivity index (χ4v) is 3.45. The molecule has 3 aromatic rings. The van der Waals surface area contributed by atoms with Gasteiger partial charge in [0.2, 0.25) is 5.82 Å². The zero-order valence-electron chi connectivity index (χ0n) is 15.1. The fraction of sp³-hybridized carbons (Fsp3) is 0.286. The summed E-state index contributed by atoms with van der Waals surface area (Å²) < 4.78 is 18.5. The summed E-state index contributed by atoms with van der Waals surface area (Å²) in [6.07, 6.45) is 2.17. The molecule has 1 aliphatic heterocycles. The number of piperidine rings is 1. The third-order valence-electron chi connectivity index (χ3n) is 4.86. The van der Waals surface area contributed by atoms with E-state index in [1.165, 1.54) is 12.1 Å². The van der Waals surface area contributed by atoms with Crippen LogP contribution in [0.25, 0.3) is 22.8 Å². The molecule has 2 aromatic carbocycles. The lowest BCUT2D eigenvalue weighted by atomic mass is 9.98. The van der Waals surface area contributed by atoms with E-state index < -0.39 is 0 Å². The van der Waals surface area contributed by atoms with E-state index in [9.17, 15) is 9.18 Å². The average molecular weight is 365 g/mol. The van der Waals surface area contributed by atoms with E-state index in [-0.39, 0.29) is 17.6 Å². The Kier molecular flexibility index (Phi) is 4.71. The zero-order valence-corrected chi connectivity index (χ0v) is 15.1. The Morgan fingerprint density at radius 1 is 1.19 bits per heavy atom. The molecule has 1 amide bonds. The molecule has 1 saturated heterocycles. The summed E-state index contributed by atoms with van der Waals surface area (Å²) in [5.41, 5.74) is 1.82. The second-order valence-corrected chi connectivity index (χ2v) is 6.97. The van der Waals surface area contributed by atoms with Gasteiger partial charge in [-0.3, -0.25) is 4.79 Å². The van der Waals surface area contributed by atoms with Crippen LogP contribution in [0, 0.1) is 11.7 Å². The summed E-state index contributed by atoms with van der Waals surface area (Å²) in [7, 11) is 0. The van der Waals surface area contributed by atoms with Crippen molar-refractivity contribution in [2.45, 2.75) is 19.8 Å². The van der Waals surface area contributed by atoms with Gasteiger partial charge in [0.25, 0.3) is 11.8 Å². The van der Waals surface area contributed by atoms with Gasteiger partial charge in [-0.25, -0.2) is 4.39 Å². The number of hydrogen-bond donors (Lipinski definition) is 0. The van der Waals surface area contributed by atoms with E-state index >= 15 is 0 Å². The largest absolute Gasteiger partial charge is 0.338 e. The van der Waals surface area contributed by atoms with Crippen LogP contribution >= 0.6 is 0 Å². The number of halogens is 1. The van der Waals surface area contributed by atoms with E-state index in [1.54, 1.807) is 18.2 Å². The number of likely N-dealkylation sites (tertiary alicyclic amines) is 1. The van der Waals surface area contributed by atoms with Gasteiger partial charge in [-0.05, 0) is 55.2 Å². The molecule has 0 saturated carbocycles. The Bertz CT molecular complexity index is 952. The number of rotatable bonds is 3. The highest BCUT2D eigenvalue weighted by atomic mass is 19.1. The first-order valence-electron chi connectivity index (χ1n) is 9.10. The average Bonchev–Trinajstić information content (AvgIpc) is 3.18. The van der Waals surface area contributed by atoms with Crippen molar-refractivity contribution in [3.8, 4) is 22.8 Å². The molecule has 1 fully saturated rings. The highest BCUT2D eigenvalue weighted by Gasteiger charge is 2.25. The van der Waals surface area contributed by atoms with Gasteiger partial charge in [-0.15, -0.1) is 0 Å². The van der Waals surface area contributed by atoms with Crippen LogP contribution in [-0.2, 0) is 0 Å². The fourth-order valence-electron chi connectivity index (χ4n) is 3.45. The van der Waals surface area contributed by atoms with Crippen molar-refractivity contribution in [2.75, 3.05) is 13.1 Å². The van der Waals surface area contributed by atoms with Crippen molar-refractivity contribution >= 4 is 5.91 Å². The van der Waals surface area contributed by atoms with Crippen LogP contribution in [0.5, 0.6) is 0 Å². The molecular formula is C21H20FN3O2. The molecule has 1 aromatic heterocycles. The Balaban J connectivity index is 1.65. The first-order valence-corrected chi connectivity index (χ1v) is 9.10. The van der Waals surface area contributed by atoms with Crippen molar-refractivity contribution in [3.63, 3.8) is 0 Å². The van der Waals surface area contributed by atoms with E-state index in [1.807, 2.05) is 23.1 Å². The van der Waals surface area contributed by atoms with E-state index in [0.29, 0.717) is 28.4 Å². The van der Waals surface area contributed by atoms with Crippen LogP contribution in [0.3, 0.4) is 0 Å². The molecule has 5 nitrogen and oxygen atoms in total. The minimum atomic E-state index is -0.325. The van der Waals surface area contributed by atoms with Crippen molar-refractivity contribution in [3.05, 3.63) is 59.9 Å². The predicted octanol–water partition coefficient (Wildman–Crippen LogP) is 4.41. The lowest BCUT2D eigenvalue weighted by Gasteiger charge is -2.31. The van der Waals surface area contributed by atoms with Crippen molar-refractivity contribution in [2.24, 2.45) is 5.92 Å². The minimum Gasteiger partial charge on any atom is -0.338 e. The molecule has 0 radical (unpaired) electrons. The van der Waals surface area contributed by atoms with Gasteiger partial charge >= 0.3 is 0 Å². The highest BCUT2D eigenvalue weighted by molar-refractivity contribution is 6.00. The van der Waals surface area contributed by atoms with E-state index in [2.05, 4.69) is 17.1 Å². The summed E-state index contributed by atoms with van der Waals surface area (Å²) in [6.45, 7) is 3.69. The summed E-state index contributed by atoms with van der Waals surface area (Å²) in [4.78, 5) is 19.4. The Labute approximate surface area is 156 Å². The molecule has 0 aliphatic carbocycles. The lowest BCUT2D eigenvalue weighted by molar-refractivity contribution is 0.0683. The molecule has 1 atom stereocenters. The maximum atomic E-state index is 13.1. The monoisotopic (exact) mass is 365 g/mol. The Morgan fingerprint density at radius 2 is 1.96 bits per heavy atom. The summed E-state index contributed by atoms with van der Waals surface area (Å²) in [5.74, 6) is 0.804. The summed E-state index contributed by atoms with van der Waals surface area (Å²) in [6, 6.07) is 13.2. The number of carbonyl (C=O) groups is 1. The van der Waals surface area contributed by atoms with E-state index in [4.69, 9.17) is 4.52 Å². The second-order valence-electron chi connectivity index (χ2n) is 6.97. The van der Waals surface area contributed by atoms with Crippen molar-refractivity contribution in [1.82, 2.24) is 15.0 Å². The molecule has 4 rings (SSSR count). The molecule has 0 N–H and O–H groups in total. The molecule has 138 valence electrons. The lowest BCUT2D eigenvalue weighted by Crippen LogP contribution is -2.39. The maximum absolute atomic E-state index is 13.1.